The summed E-state index contributed by atoms with van der Waals surface area (Å²) >= 11 is 0. The molecule has 0 amide bonds. The Bertz CT molecular complexity index is 1250. The Balaban J connectivity index is 0.000000463. The second kappa shape index (κ2) is 18.9. The zero-order valence-electron chi connectivity index (χ0n) is 19.3. The Morgan fingerprint density at radius 2 is 0.459 bits per heavy atom. The molecule has 0 heterocycles. The van der Waals surface area contributed by atoms with Gasteiger partial charge in [0.1, 0.15) is 0 Å². The van der Waals surface area contributed by atoms with E-state index in [2.05, 4.69) is 0 Å². The van der Waals surface area contributed by atoms with Crippen molar-refractivity contribution in [3.63, 3.8) is 0 Å². The average Bonchev–Trinajstić information content (AvgIpc) is 3.34. The van der Waals surface area contributed by atoms with Crippen LogP contribution in [0.15, 0.2) is 141 Å². The third-order valence-corrected chi connectivity index (χ3v) is 3.84. The summed E-state index contributed by atoms with van der Waals surface area (Å²) in [5.74, 6) is -1.83. The van der Waals surface area contributed by atoms with E-state index in [4.69, 9.17) is 0 Å². The molecule has 0 aliphatic rings. The largest absolute Gasteiger partial charge is 3.00 e. The van der Waals surface area contributed by atoms with E-state index in [1.165, 1.54) is 48.5 Å². The van der Waals surface area contributed by atoms with Crippen LogP contribution < -0.4 is 42.1 Å². The summed E-state index contributed by atoms with van der Waals surface area (Å²) in [6.07, 6.45) is 0. The first kappa shape index (κ1) is 32.6. The van der Waals surface area contributed by atoms with Crippen molar-refractivity contribution in [2.24, 2.45) is 0 Å². The summed E-state index contributed by atoms with van der Waals surface area (Å²) in [5, 5.41) is 42.0. The molecule has 2 radical (unpaired) electrons. The Morgan fingerprint density at radius 1 is 0.297 bits per heavy atom. The van der Waals surface area contributed by atoms with Crippen LogP contribution in [0.25, 0.3) is 0 Å². The van der Waals surface area contributed by atoms with Gasteiger partial charge in [-0.1, -0.05) is 120 Å². The Labute approximate surface area is 231 Å². The summed E-state index contributed by atoms with van der Waals surface area (Å²) in [4.78, 5) is 42.0. The predicted octanol–water partition coefficient (Wildman–Crippen LogP) is 0.101. The molecule has 0 unspecified atom stereocenters. The molecule has 0 N–H and O–H groups in total. The van der Waals surface area contributed by atoms with Crippen LogP contribution in [0, 0.1) is 0 Å². The molecule has 0 bridgehead atoms. The first-order valence-corrected chi connectivity index (χ1v) is 10.3. The van der Waals surface area contributed by atoms with Gasteiger partial charge in [-0.3, -0.25) is 19.2 Å². The van der Waals surface area contributed by atoms with E-state index in [0.717, 1.165) is 0 Å². The third kappa shape index (κ3) is 14.6. The molecule has 4 aromatic rings. The fourth-order valence-electron chi connectivity index (χ4n) is 2.06. The summed E-state index contributed by atoms with van der Waals surface area (Å²) in [5.41, 5.74) is -1.83. The minimum atomic E-state index is -0.458. The van der Waals surface area contributed by atoms with Gasteiger partial charge < -0.3 is 20.4 Å². The Morgan fingerprint density at radius 3 is 0.649 bits per heavy atom. The van der Waals surface area contributed by atoms with Crippen molar-refractivity contribution in [1.29, 1.82) is 0 Å². The van der Waals surface area contributed by atoms with Crippen molar-refractivity contribution in [1.82, 2.24) is 0 Å². The summed E-state index contributed by atoms with van der Waals surface area (Å²) in [6, 6.07) is 28.9. The van der Waals surface area contributed by atoms with Gasteiger partial charge in [-0.15, -0.1) is 0 Å². The van der Waals surface area contributed by atoms with Gasteiger partial charge in [-0.2, -0.15) is 0 Å². The van der Waals surface area contributed by atoms with Crippen molar-refractivity contribution >= 4 is 26.2 Å². The van der Waals surface area contributed by atoms with Crippen molar-refractivity contribution in [3.05, 3.63) is 162 Å². The predicted molar refractivity (Wildman–Crippen MR) is 134 cm³/mol. The van der Waals surface area contributed by atoms with Gasteiger partial charge in [0, 0.05) is 0 Å². The molecule has 4 aromatic carbocycles. The molecule has 0 saturated carbocycles. The van der Waals surface area contributed by atoms with Crippen LogP contribution in [0.3, 0.4) is 0 Å². The van der Waals surface area contributed by atoms with Crippen molar-refractivity contribution in [2.75, 3.05) is 0 Å². The SMILES string of the molecule is O=c1cccccc1[O-].O=c1cccccc1[O-].O=c1cccccc1[O-].O=c1cccccc1[O-].[Bi+3]. The molecule has 0 fully saturated rings. The van der Waals surface area contributed by atoms with E-state index in [1.54, 1.807) is 72.8 Å². The summed E-state index contributed by atoms with van der Waals surface area (Å²) < 4.78 is 0. The first-order valence-electron chi connectivity index (χ1n) is 10.3. The van der Waals surface area contributed by atoms with Gasteiger partial charge >= 0.3 is 26.2 Å². The van der Waals surface area contributed by atoms with Crippen molar-refractivity contribution in [2.45, 2.75) is 0 Å². The first-order chi connectivity index (χ1) is 17.2. The molecule has 0 atom stereocenters. The third-order valence-electron chi connectivity index (χ3n) is 3.84. The molecule has 37 heavy (non-hydrogen) atoms. The van der Waals surface area contributed by atoms with Crippen LogP contribution in [0.4, 0.5) is 0 Å². The van der Waals surface area contributed by atoms with E-state index in [-0.39, 0.29) is 26.2 Å². The fraction of sp³-hybridized carbons (Fsp3) is 0. The number of hydrogen-bond donors (Lipinski definition) is 0. The van der Waals surface area contributed by atoms with E-state index in [0.29, 0.717) is 0 Å². The Hall–Kier alpha value is -4.36. The zero-order valence-corrected chi connectivity index (χ0v) is 22.7. The van der Waals surface area contributed by atoms with Crippen LogP contribution in [0.2, 0.25) is 0 Å². The molecule has 0 spiro atoms. The minimum absolute atomic E-state index is 0. The standard InChI is InChI=1S/4C7H6O2.Bi/c4*8-6-4-2-1-3-5-7(6)9;/h4*1-5H,(H,8,9);/q;;;;+3/p-4. The van der Waals surface area contributed by atoms with E-state index < -0.39 is 44.7 Å². The van der Waals surface area contributed by atoms with Gasteiger partial charge in [0.15, 0.2) is 21.7 Å². The minimum Gasteiger partial charge on any atom is -0.870 e. The van der Waals surface area contributed by atoms with Crippen LogP contribution in [-0.4, -0.2) is 26.2 Å². The topological polar surface area (TPSA) is 161 Å². The molecule has 0 saturated heterocycles. The van der Waals surface area contributed by atoms with Crippen LogP contribution >= 0.6 is 0 Å². The molecule has 4 rings (SSSR count). The van der Waals surface area contributed by atoms with Gasteiger partial charge in [0.05, 0.1) is 0 Å². The fourth-order valence-corrected chi connectivity index (χ4v) is 2.06. The number of hydrogen-bond acceptors (Lipinski definition) is 8. The number of rotatable bonds is 0. The van der Waals surface area contributed by atoms with E-state index in [9.17, 15) is 39.6 Å². The molecule has 186 valence electrons. The molecule has 0 aromatic heterocycles. The molecular weight excluding hydrogens is 673 g/mol. The van der Waals surface area contributed by atoms with E-state index >= 15 is 0 Å². The van der Waals surface area contributed by atoms with Crippen LogP contribution in [0.1, 0.15) is 0 Å². The summed E-state index contributed by atoms with van der Waals surface area (Å²) in [6.45, 7) is 0. The van der Waals surface area contributed by atoms with E-state index in [1.807, 2.05) is 0 Å². The quantitative estimate of drug-likeness (QED) is 0.235. The molecule has 0 aliphatic carbocycles. The summed E-state index contributed by atoms with van der Waals surface area (Å²) in [7, 11) is 0. The maximum absolute atomic E-state index is 10.5. The van der Waals surface area contributed by atoms with Gasteiger partial charge in [0.25, 0.3) is 0 Å². The normalized spacial score (nSPS) is 8.65. The maximum Gasteiger partial charge on any atom is 3.00 e. The van der Waals surface area contributed by atoms with Gasteiger partial charge in [0.2, 0.25) is 0 Å². The van der Waals surface area contributed by atoms with Crippen LogP contribution in [0.5, 0.6) is 23.0 Å². The molecule has 0 aliphatic heterocycles. The zero-order chi connectivity index (χ0) is 26.8. The second-order valence-corrected chi connectivity index (χ2v) is 6.56. The van der Waals surface area contributed by atoms with Crippen molar-refractivity contribution < 1.29 is 20.4 Å². The van der Waals surface area contributed by atoms with Crippen molar-refractivity contribution in [3.8, 4) is 23.0 Å². The molecule has 9 heteroatoms. The average molecular weight is 693 g/mol. The van der Waals surface area contributed by atoms with Crippen LogP contribution in [-0.2, 0) is 0 Å². The maximum atomic E-state index is 10.5. The Kier molecular flexibility index (Phi) is 16.7. The monoisotopic (exact) mass is 693 g/mol. The molecule has 8 nitrogen and oxygen atoms in total. The second-order valence-electron chi connectivity index (χ2n) is 6.56. The molecular formula is C28H20BiO8-. The van der Waals surface area contributed by atoms with Gasteiger partial charge in [-0.25, -0.2) is 0 Å². The smallest absolute Gasteiger partial charge is 0.870 e. The van der Waals surface area contributed by atoms with Gasteiger partial charge in [-0.05, 0) is 24.3 Å².